The summed E-state index contributed by atoms with van der Waals surface area (Å²) in [7, 11) is 1.78. The number of methoxy groups -OCH3 is 1. The summed E-state index contributed by atoms with van der Waals surface area (Å²) in [4.78, 5) is 0. The van der Waals surface area contributed by atoms with Gasteiger partial charge in [-0.2, -0.15) is 0 Å². The predicted octanol–water partition coefficient (Wildman–Crippen LogP) is 7.02. The van der Waals surface area contributed by atoms with Crippen molar-refractivity contribution in [2.24, 2.45) is 0 Å². The van der Waals surface area contributed by atoms with Gasteiger partial charge in [0.15, 0.2) is 0 Å². The molecule has 1 atom stereocenters. The van der Waals surface area contributed by atoms with Crippen LogP contribution in [0.4, 0.5) is 0 Å². The van der Waals surface area contributed by atoms with Gasteiger partial charge in [0.2, 0.25) is 0 Å². The van der Waals surface area contributed by atoms with Crippen LogP contribution < -0.4 is 0 Å². The van der Waals surface area contributed by atoms with Gasteiger partial charge in [-0.15, -0.1) is 0 Å². The van der Waals surface area contributed by atoms with Crippen LogP contribution in [0.15, 0.2) is 79.4 Å². The van der Waals surface area contributed by atoms with Gasteiger partial charge in [-0.25, -0.2) is 0 Å². The normalized spacial score (nSPS) is 11.9. The van der Waals surface area contributed by atoms with E-state index in [1.165, 1.54) is 33.4 Å². The molecule has 0 saturated carbocycles. The van der Waals surface area contributed by atoms with Crippen molar-refractivity contribution in [3.8, 4) is 22.3 Å². The van der Waals surface area contributed by atoms with Crippen molar-refractivity contribution in [2.45, 2.75) is 32.3 Å². The molecule has 0 aliphatic carbocycles. The lowest BCUT2D eigenvalue weighted by Crippen LogP contribution is -2.05. The number of hydrogen-bond acceptors (Lipinski definition) is 1. The van der Waals surface area contributed by atoms with E-state index in [0.717, 1.165) is 19.3 Å². The SMILES string of the molecule is C=Cc1ccc(-c2ccc(-c3ccccc3)cc2)c(CCCC(C)OC)c1. The quantitative estimate of drug-likeness (QED) is 0.421. The molecule has 0 aliphatic rings. The van der Waals surface area contributed by atoms with Gasteiger partial charge in [0.25, 0.3) is 0 Å². The lowest BCUT2D eigenvalue weighted by Gasteiger charge is -2.14. The van der Waals surface area contributed by atoms with E-state index in [1.54, 1.807) is 7.11 Å². The summed E-state index contributed by atoms with van der Waals surface area (Å²) in [6.45, 7) is 6.05. The van der Waals surface area contributed by atoms with Crippen molar-refractivity contribution in [3.05, 3.63) is 90.5 Å². The first kappa shape index (κ1) is 19.1. The van der Waals surface area contributed by atoms with E-state index in [9.17, 15) is 0 Å². The Morgan fingerprint density at radius 1 is 0.889 bits per heavy atom. The minimum atomic E-state index is 0.307. The molecule has 0 aliphatic heterocycles. The van der Waals surface area contributed by atoms with E-state index in [0.29, 0.717) is 6.10 Å². The molecule has 0 bridgehead atoms. The third-order valence-corrected chi connectivity index (χ3v) is 5.13. The fourth-order valence-corrected chi connectivity index (χ4v) is 3.40. The highest BCUT2D eigenvalue weighted by molar-refractivity contribution is 5.73. The first-order valence-corrected chi connectivity index (χ1v) is 9.65. The summed E-state index contributed by atoms with van der Waals surface area (Å²) < 4.78 is 5.39. The first-order valence-electron chi connectivity index (χ1n) is 9.65. The zero-order chi connectivity index (χ0) is 19.1. The lowest BCUT2D eigenvalue weighted by molar-refractivity contribution is 0.109. The lowest BCUT2D eigenvalue weighted by atomic mass is 9.92. The molecule has 3 aromatic rings. The van der Waals surface area contributed by atoms with Crippen LogP contribution in [-0.2, 0) is 11.2 Å². The largest absolute Gasteiger partial charge is 0.382 e. The Morgan fingerprint density at radius 3 is 2.22 bits per heavy atom. The molecule has 0 radical (unpaired) electrons. The van der Waals surface area contributed by atoms with E-state index < -0.39 is 0 Å². The first-order chi connectivity index (χ1) is 13.2. The van der Waals surface area contributed by atoms with Gasteiger partial charge in [-0.1, -0.05) is 85.5 Å². The van der Waals surface area contributed by atoms with E-state index >= 15 is 0 Å². The second-order valence-corrected chi connectivity index (χ2v) is 7.00. The molecule has 0 saturated heterocycles. The van der Waals surface area contributed by atoms with Crippen LogP contribution in [-0.4, -0.2) is 13.2 Å². The molecule has 0 fully saturated rings. The molecule has 0 spiro atoms. The van der Waals surface area contributed by atoms with Crippen molar-refractivity contribution < 1.29 is 4.74 Å². The van der Waals surface area contributed by atoms with E-state index in [1.807, 2.05) is 6.08 Å². The fourth-order valence-electron chi connectivity index (χ4n) is 3.40. The molecule has 1 unspecified atom stereocenters. The zero-order valence-corrected chi connectivity index (χ0v) is 16.3. The Labute approximate surface area is 163 Å². The Morgan fingerprint density at radius 2 is 1.56 bits per heavy atom. The van der Waals surface area contributed by atoms with Crippen molar-refractivity contribution >= 4 is 6.08 Å². The summed E-state index contributed by atoms with van der Waals surface area (Å²) in [5.74, 6) is 0. The van der Waals surface area contributed by atoms with Crippen LogP contribution >= 0.6 is 0 Å². The molecule has 0 amide bonds. The topological polar surface area (TPSA) is 9.23 Å². The third kappa shape index (κ3) is 4.96. The maximum atomic E-state index is 5.39. The number of rotatable bonds is 8. The van der Waals surface area contributed by atoms with Crippen LogP contribution in [0.25, 0.3) is 28.3 Å². The standard InChI is InChI=1S/C26H28O/c1-4-21-13-18-26(25(19-21)12-8-9-20(2)27-3)24-16-14-23(15-17-24)22-10-6-5-7-11-22/h4-7,10-11,13-20H,1,8-9,12H2,2-3H3. The van der Waals surface area contributed by atoms with Crippen LogP contribution in [0.2, 0.25) is 0 Å². The van der Waals surface area contributed by atoms with Crippen molar-refractivity contribution in [1.29, 1.82) is 0 Å². The van der Waals surface area contributed by atoms with Crippen LogP contribution in [0.5, 0.6) is 0 Å². The van der Waals surface area contributed by atoms with Gasteiger partial charge >= 0.3 is 0 Å². The molecule has 3 aromatic carbocycles. The molecule has 0 aromatic heterocycles. The van der Waals surface area contributed by atoms with Gasteiger partial charge in [0, 0.05) is 7.11 Å². The predicted molar refractivity (Wildman–Crippen MR) is 117 cm³/mol. The maximum absolute atomic E-state index is 5.39. The summed E-state index contributed by atoms with van der Waals surface area (Å²) >= 11 is 0. The molecule has 0 heterocycles. The molecular weight excluding hydrogens is 328 g/mol. The van der Waals surface area contributed by atoms with Crippen LogP contribution in [0.1, 0.15) is 30.9 Å². The zero-order valence-electron chi connectivity index (χ0n) is 16.3. The summed E-state index contributed by atoms with van der Waals surface area (Å²) in [5.41, 5.74) is 7.63. The molecule has 27 heavy (non-hydrogen) atoms. The van der Waals surface area contributed by atoms with Crippen LogP contribution in [0, 0.1) is 0 Å². The van der Waals surface area contributed by atoms with E-state index in [4.69, 9.17) is 4.74 Å². The second-order valence-electron chi connectivity index (χ2n) is 7.00. The summed E-state index contributed by atoms with van der Waals surface area (Å²) in [5, 5.41) is 0. The van der Waals surface area contributed by atoms with Crippen LogP contribution in [0.3, 0.4) is 0 Å². The number of ether oxygens (including phenoxy) is 1. The Balaban J connectivity index is 1.85. The molecule has 3 rings (SSSR count). The minimum absolute atomic E-state index is 0.307. The Hall–Kier alpha value is -2.64. The second kappa shape index (κ2) is 9.34. The minimum Gasteiger partial charge on any atom is -0.382 e. The highest BCUT2D eigenvalue weighted by atomic mass is 16.5. The highest BCUT2D eigenvalue weighted by Crippen LogP contribution is 2.29. The van der Waals surface area contributed by atoms with Gasteiger partial charge in [0.1, 0.15) is 0 Å². The van der Waals surface area contributed by atoms with Crippen molar-refractivity contribution in [2.75, 3.05) is 7.11 Å². The summed E-state index contributed by atoms with van der Waals surface area (Å²) in [6.07, 6.45) is 5.46. The number of aryl methyl sites for hydroxylation is 1. The molecule has 1 nitrogen and oxygen atoms in total. The average molecular weight is 357 g/mol. The third-order valence-electron chi connectivity index (χ3n) is 5.13. The molecular formula is C26H28O. The monoisotopic (exact) mass is 356 g/mol. The molecule has 138 valence electrons. The Kier molecular flexibility index (Phi) is 6.62. The van der Waals surface area contributed by atoms with Gasteiger partial charge in [-0.3, -0.25) is 0 Å². The average Bonchev–Trinajstić information content (AvgIpc) is 2.74. The molecule has 1 heteroatoms. The number of hydrogen-bond donors (Lipinski definition) is 0. The smallest absolute Gasteiger partial charge is 0.0543 e. The maximum Gasteiger partial charge on any atom is 0.0543 e. The highest BCUT2D eigenvalue weighted by Gasteiger charge is 2.08. The van der Waals surface area contributed by atoms with Gasteiger partial charge < -0.3 is 4.74 Å². The number of benzene rings is 3. The summed E-state index contributed by atoms with van der Waals surface area (Å²) in [6, 6.07) is 26.0. The van der Waals surface area contributed by atoms with Gasteiger partial charge in [-0.05, 0) is 59.6 Å². The van der Waals surface area contributed by atoms with Crippen molar-refractivity contribution in [3.63, 3.8) is 0 Å². The fraction of sp³-hybridized carbons (Fsp3) is 0.231. The van der Waals surface area contributed by atoms with Crippen molar-refractivity contribution in [1.82, 2.24) is 0 Å². The Bertz CT molecular complexity index is 862. The van der Waals surface area contributed by atoms with E-state index in [-0.39, 0.29) is 0 Å². The molecule has 0 N–H and O–H groups in total. The van der Waals surface area contributed by atoms with Gasteiger partial charge in [0.05, 0.1) is 6.10 Å². The van der Waals surface area contributed by atoms with E-state index in [2.05, 4.69) is 86.3 Å².